The van der Waals surface area contributed by atoms with Crippen molar-refractivity contribution in [2.24, 2.45) is 0 Å². The van der Waals surface area contributed by atoms with Gasteiger partial charge in [0, 0.05) is 17.7 Å². The highest BCUT2D eigenvalue weighted by molar-refractivity contribution is 9.10. The Bertz CT molecular complexity index is 962. The molecule has 3 aromatic rings. The highest BCUT2D eigenvalue weighted by Gasteiger charge is 2.29. The summed E-state index contributed by atoms with van der Waals surface area (Å²) >= 11 is 15.6. The molecule has 6 heteroatoms. The smallest absolute Gasteiger partial charge is 0.180 e. The first kappa shape index (κ1) is 21.8. The molecule has 2 atom stereocenters. The molecule has 0 radical (unpaired) electrons. The Morgan fingerprint density at radius 2 is 1.69 bits per heavy atom. The molecule has 0 aliphatic rings. The van der Waals surface area contributed by atoms with Gasteiger partial charge in [0.25, 0.3) is 0 Å². The maximum Gasteiger partial charge on any atom is 0.180 e. The van der Waals surface area contributed by atoms with Gasteiger partial charge in [-0.05, 0) is 41.5 Å². The quantitative estimate of drug-likeness (QED) is 0.252. The average Bonchev–Trinajstić information content (AvgIpc) is 2.74. The summed E-state index contributed by atoms with van der Waals surface area (Å²) in [6.07, 6.45) is -0.489. The number of halogens is 3. The van der Waals surface area contributed by atoms with Crippen LogP contribution in [0, 0.1) is 0 Å². The molecule has 0 fully saturated rings. The van der Waals surface area contributed by atoms with Crippen molar-refractivity contribution in [3.05, 3.63) is 99.5 Å². The van der Waals surface area contributed by atoms with E-state index in [9.17, 15) is 4.79 Å². The molecule has 0 amide bonds. The van der Waals surface area contributed by atoms with E-state index in [1.54, 1.807) is 25.3 Å². The number of rotatable bonds is 8. The van der Waals surface area contributed by atoms with Crippen molar-refractivity contribution in [1.29, 1.82) is 0 Å². The number of ketones is 1. The van der Waals surface area contributed by atoms with Crippen LogP contribution in [0.3, 0.4) is 0 Å². The standard InChI is InChI=1S/C23H19BrCl2O3/c1-28-23(21(24)22(27)19-12-9-17(25)13-20(19)26)16-7-10-18(11-8-16)29-14-15-5-3-2-4-6-15/h2-13,21,23H,14H2,1H3/t21-,23+/m0/s1. The maximum absolute atomic E-state index is 12.9. The van der Waals surface area contributed by atoms with Crippen LogP contribution in [-0.2, 0) is 11.3 Å². The van der Waals surface area contributed by atoms with E-state index in [1.165, 1.54) is 0 Å². The van der Waals surface area contributed by atoms with Crippen molar-refractivity contribution in [2.45, 2.75) is 17.5 Å². The summed E-state index contributed by atoms with van der Waals surface area (Å²) in [4.78, 5) is 12.3. The molecular weight excluding hydrogens is 475 g/mol. The number of carbonyl (C=O) groups is 1. The van der Waals surface area contributed by atoms with Crippen LogP contribution in [0.1, 0.15) is 27.6 Å². The lowest BCUT2D eigenvalue weighted by Crippen LogP contribution is -2.24. The van der Waals surface area contributed by atoms with E-state index < -0.39 is 10.9 Å². The Kier molecular flexibility index (Phi) is 7.73. The van der Waals surface area contributed by atoms with Gasteiger partial charge in [0.05, 0.1) is 5.02 Å². The first-order valence-corrected chi connectivity index (χ1v) is 10.6. The van der Waals surface area contributed by atoms with Crippen LogP contribution in [0.5, 0.6) is 5.75 Å². The molecule has 150 valence electrons. The summed E-state index contributed by atoms with van der Waals surface area (Å²) in [5.74, 6) is 0.563. The molecule has 29 heavy (non-hydrogen) atoms. The number of ether oxygens (including phenoxy) is 2. The molecule has 0 aromatic heterocycles. The normalized spacial score (nSPS) is 13.0. The summed E-state index contributed by atoms with van der Waals surface area (Å²) in [5.41, 5.74) is 2.33. The first-order chi connectivity index (χ1) is 14.0. The van der Waals surface area contributed by atoms with Crippen LogP contribution < -0.4 is 4.74 Å². The molecule has 0 spiro atoms. The van der Waals surface area contributed by atoms with Gasteiger partial charge in [0.2, 0.25) is 0 Å². The summed E-state index contributed by atoms with van der Waals surface area (Å²) in [6.45, 7) is 0.489. The molecule has 3 aromatic carbocycles. The Labute approximate surface area is 188 Å². The number of Topliss-reactive ketones (excluding diaryl/α,β-unsaturated/α-hetero) is 1. The number of alkyl halides is 1. The zero-order chi connectivity index (χ0) is 20.8. The van der Waals surface area contributed by atoms with Crippen LogP contribution in [0.4, 0.5) is 0 Å². The summed E-state index contributed by atoms with van der Waals surface area (Å²) in [6, 6.07) is 22.3. The number of benzene rings is 3. The molecule has 0 unspecified atom stereocenters. The topological polar surface area (TPSA) is 35.5 Å². The van der Waals surface area contributed by atoms with E-state index in [2.05, 4.69) is 15.9 Å². The molecule has 0 saturated heterocycles. The second kappa shape index (κ2) is 10.3. The van der Waals surface area contributed by atoms with E-state index in [1.807, 2.05) is 54.6 Å². The van der Waals surface area contributed by atoms with E-state index in [4.69, 9.17) is 32.7 Å². The summed E-state index contributed by atoms with van der Waals surface area (Å²) in [7, 11) is 1.56. The predicted molar refractivity (Wildman–Crippen MR) is 120 cm³/mol. The Morgan fingerprint density at radius 3 is 2.31 bits per heavy atom. The summed E-state index contributed by atoms with van der Waals surface area (Å²) in [5, 5.41) is 0.790. The Balaban J connectivity index is 1.70. The van der Waals surface area contributed by atoms with Crippen LogP contribution in [-0.4, -0.2) is 17.7 Å². The van der Waals surface area contributed by atoms with E-state index >= 15 is 0 Å². The average molecular weight is 494 g/mol. The van der Waals surface area contributed by atoms with Crippen LogP contribution in [0.15, 0.2) is 72.8 Å². The fourth-order valence-electron chi connectivity index (χ4n) is 2.89. The van der Waals surface area contributed by atoms with E-state index in [-0.39, 0.29) is 5.78 Å². The highest BCUT2D eigenvalue weighted by atomic mass is 79.9. The predicted octanol–water partition coefficient (Wildman–Crippen LogP) is 6.91. The van der Waals surface area contributed by atoms with E-state index in [0.29, 0.717) is 22.2 Å². The van der Waals surface area contributed by atoms with Gasteiger partial charge in [-0.15, -0.1) is 0 Å². The highest BCUT2D eigenvalue weighted by Crippen LogP contribution is 2.32. The molecule has 0 aliphatic carbocycles. The zero-order valence-electron chi connectivity index (χ0n) is 15.6. The van der Waals surface area contributed by atoms with Crippen LogP contribution in [0.25, 0.3) is 0 Å². The first-order valence-electron chi connectivity index (χ1n) is 8.92. The second-order valence-corrected chi connectivity index (χ2v) is 8.22. The molecule has 0 N–H and O–H groups in total. The fourth-order valence-corrected chi connectivity index (χ4v) is 4.16. The van der Waals surface area contributed by atoms with Crippen molar-refractivity contribution >= 4 is 44.9 Å². The number of hydrogen-bond donors (Lipinski definition) is 0. The largest absolute Gasteiger partial charge is 0.489 e. The molecule has 0 aliphatic heterocycles. The Hall–Kier alpha value is -1.85. The van der Waals surface area contributed by atoms with Gasteiger partial charge >= 0.3 is 0 Å². The monoisotopic (exact) mass is 492 g/mol. The van der Waals surface area contributed by atoms with Crippen molar-refractivity contribution in [3.63, 3.8) is 0 Å². The van der Waals surface area contributed by atoms with Crippen molar-refractivity contribution < 1.29 is 14.3 Å². The molecule has 0 bridgehead atoms. The molecule has 0 heterocycles. The van der Waals surface area contributed by atoms with Crippen molar-refractivity contribution in [2.75, 3.05) is 7.11 Å². The fraction of sp³-hybridized carbons (Fsp3) is 0.174. The number of carbonyl (C=O) groups excluding carboxylic acids is 1. The van der Waals surface area contributed by atoms with Gasteiger partial charge in [-0.2, -0.15) is 0 Å². The molecule has 3 rings (SSSR count). The maximum atomic E-state index is 12.9. The van der Waals surface area contributed by atoms with Crippen molar-refractivity contribution in [3.8, 4) is 5.75 Å². The van der Waals surface area contributed by atoms with Crippen molar-refractivity contribution in [1.82, 2.24) is 0 Å². The Morgan fingerprint density at radius 1 is 1.00 bits per heavy atom. The minimum atomic E-state index is -0.609. The minimum Gasteiger partial charge on any atom is -0.489 e. The van der Waals surface area contributed by atoms with Gasteiger partial charge in [-0.25, -0.2) is 0 Å². The minimum absolute atomic E-state index is 0.178. The van der Waals surface area contributed by atoms with Gasteiger partial charge in [-0.3, -0.25) is 4.79 Å². The third-order valence-electron chi connectivity index (χ3n) is 4.42. The lowest BCUT2D eigenvalue weighted by atomic mass is 9.99. The third kappa shape index (κ3) is 5.61. The van der Waals surface area contributed by atoms with Gasteiger partial charge < -0.3 is 9.47 Å². The number of hydrogen-bond acceptors (Lipinski definition) is 3. The molecule has 3 nitrogen and oxygen atoms in total. The van der Waals surface area contributed by atoms with E-state index in [0.717, 1.165) is 16.9 Å². The lowest BCUT2D eigenvalue weighted by molar-refractivity contribution is 0.0770. The second-order valence-electron chi connectivity index (χ2n) is 6.39. The molecular formula is C23H19BrCl2O3. The zero-order valence-corrected chi connectivity index (χ0v) is 18.7. The molecule has 0 saturated carbocycles. The van der Waals surface area contributed by atoms with Crippen LogP contribution >= 0.6 is 39.1 Å². The van der Waals surface area contributed by atoms with Crippen LogP contribution in [0.2, 0.25) is 10.0 Å². The van der Waals surface area contributed by atoms with Gasteiger partial charge in [0.15, 0.2) is 5.78 Å². The van der Waals surface area contributed by atoms with Gasteiger partial charge in [0.1, 0.15) is 23.3 Å². The third-order valence-corrected chi connectivity index (χ3v) is 5.87. The summed E-state index contributed by atoms with van der Waals surface area (Å²) < 4.78 is 11.4. The van der Waals surface area contributed by atoms with Gasteiger partial charge in [-0.1, -0.05) is 81.6 Å². The SMILES string of the molecule is CO[C@H](c1ccc(OCc2ccccc2)cc1)[C@@H](Br)C(=O)c1ccc(Cl)cc1Cl. The lowest BCUT2D eigenvalue weighted by Gasteiger charge is -2.21. The number of methoxy groups -OCH3 is 1.